The van der Waals surface area contributed by atoms with Crippen LogP contribution in [0.1, 0.15) is 90.0 Å². The van der Waals surface area contributed by atoms with E-state index in [1.165, 1.54) is 16.3 Å². The molecule has 0 radical (unpaired) electrons. The van der Waals surface area contributed by atoms with Gasteiger partial charge in [0.2, 0.25) is 11.8 Å². The molecule has 2 aromatic heterocycles. The first kappa shape index (κ1) is 31.3. The summed E-state index contributed by atoms with van der Waals surface area (Å²) in [6.07, 6.45) is 8.78. The van der Waals surface area contributed by atoms with E-state index in [4.69, 9.17) is 9.97 Å². The number of amides is 2. The zero-order valence-electron chi connectivity index (χ0n) is 29.4. The van der Waals surface area contributed by atoms with Crippen LogP contribution in [-0.2, 0) is 9.59 Å². The van der Waals surface area contributed by atoms with Crippen molar-refractivity contribution < 1.29 is 9.59 Å². The van der Waals surface area contributed by atoms with Gasteiger partial charge in [-0.05, 0) is 89.0 Å². The van der Waals surface area contributed by atoms with Crippen LogP contribution in [0.4, 0.5) is 0 Å². The Morgan fingerprint density at radius 3 is 1.60 bits per heavy atom. The molecule has 0 spiro atoms. The van der Waals surface area contributed by atoms with E-state index in [2.05, 4.69) is 108 Å². The van der Waals surface area contributed by atoms with Crippen molar-refractivity contribution in [2.45, 2.75) is 90.4 Å². The van der Waals surface area contributed by atoms with Crippen LogP contribution in [0.5, 0.6) is 0 Å². The van der Waals surface area contributed by atoms with Crippen LogP contribution >= 0.6 is 0 Å². The number of nitrogens with zero attached hydrogens (tertiary/aromatic N) is 4. The molecule has 2 saturated carbocycles. The number of H-pyrrole nitrogens is 2. The molecule has 8 heteroatoms. The second-order valence-electron chi connectivity index (χ2n) is 15.4. The maximum Gasteiger partial charge on any atom is 0.223 e. The minimum Gasteiger partial charge on any atom is -0.340 e. The number of imidazole rings is 2. The van der Waals surface area contributed by atoms with Crippen molar-refractivity contribution in [2.24, 2.45) is 23.7 Å². The van der Waals surface area contributed by atoms with E-state index < -0.39 is 0 Å². The SMILES string of the molecule is CCCC(=O)N1[C@@H]2[C@H](C)[C@@H]2C[C@H]1c1ncc(-c2ccc(-c3ccc4cc(-c5cnc([C@@H]6C[C@H]7[C@@H](C)[C@H]7N6C(=O)CCC)[nH]5)ccc4c3)cc2)[nH]1. The highest BCUT2D eigenvalue weighted by atomic mass is 16.2. The maximum absolute atomic E-state index is 13.0. The zero-order valence-corrected chi connectivity index (χ0v) is 29.4. The summed E-state index contributed by atoms with van der Waals surface area (Å²) in [6, 6.07) is 22.7. The van der Waals surface area contributed by atoms with Crippen molar-refractivity contribution in [3.05, 3.63) is 84.7 Å². The van der Waals surface area contributed by atoms with E-state index in [9.17, 15) is 9.59 Å². The minimum atomic E-state index is 0.0482. The van der Waals surface area contributed by atoms with Crippen LogP contribution in [-0.4, -0.2) is 53.6 Å². The number of piperidine rings is 2. The second kappa shape index (κ2) is 12.0. The van der Waals surface area contributed by atoms with Crippen LogP contribution in [0.25, 0.3) is 44.4 Å². The van der Waals surface area contributed by atoms with Gasteiger partial charge in [0.15, 0.2) is 0 Å². The van der Waals surface area contributed by atoms with Crippen molar-refractivity contribution in [1.82, 2.24) is 29.7 Å². The van der Waals surface area contributed by atoms with Crippen molar-refractivity contribution in [3.63, 3.8) is 0 Å². The number of hydrogen-bond donors (Lipinski definition) is 2. The quantitative estimate of drug-likeness (QED) is 0.164. The molecule has 2 saturated heterocycles. The summed E-state index contributed by atoms with van der Waals surface area (Å²) in [7, 11) is 0. The Hall–Kier alpha value is -4.72. The standard InChI is InChI=1S/C42H46N6O2/c1-5-7-37(49)47-35(19-31-23(3)39(31)47)41-43-21-33(45-41)26-11-9-25(10-12-26)27-13-14-29-18-30(16-15-28(29)17-27)34-22-44-42(46-34)36-20-32-24(4)40(32)48(36)38(50)8-6-2/h9-18,21-24,31-32,35-36,39-40H,5-8,19-20H2,1-4H3,(H,43,45)(H,44,46)/t23-,24-,31+,32+,35+,36+,39-,40-/m1/s1. The van der Waals surface area contributed by atoms with E-state index in [-0.39, 0.29) is 23.9 Å². The summed E-state index contributed by atoms with van der Waals surface area (Å²) in [5.41, 5.74) is 6.47. The highest BCUT2D eigenvalue weighted by Gasteiger charge is 2.61. The Bertz CT molecular complexity index is 2100. The van der Waals surface area contributed by atoms with E-state index in [1.807, 2.05) is 12.4 Å². The molecule has 2 aliphatic heterocycles. The molecular weight excluding hydrogens is 621 g/mol. The van der Waals surface area contributed by atoms with E-state index in [0.29, 0.717) is 48.6 Å². The van der Waals surface area contributed by atoms with Gasteiger partial charge in [0, 0.05) is 30.5 Å². The lowest BCUT2D eigenvalue weighted by Gasteiger charge is -2.27. The van der Waals surface area contributed by atoms with Crippen molar-refractivity contribution in [3.8, 4) is 33.6 Å². The van der Waals surface area contributed by atoms with Crippen LogP contribution in [0.15, 0.2) is 73.1 Å². The molecule has 3 aromatic carbocycles. The molecule has 0 bridgehead atoms. The Labute approximate surface area is 293 Å². The molecule has 4 fully saturated rings. The number of aromatic nitrogens is 4. The number of carbonyl (C=O) groups is 2. The van der Waals surface area contributed by atoms with E-state index in [1.54, 1.807) is 0 Å². The fourth-order valence-corrected chi connectivity index (χ4v) is 9.42. The zero-order chi connectivity index (χ0) is 34.3. The lowest BCUT2D eigenvalue weighted by atomic mass is 9.98. The van der Waals surface area contributed by atoms with Crippen LogP contribution in [0.3, 0.4) is 0 Å². The van der Waals surface area contributed by atoms with Gasteiger partial charge in [0.05, 0.1) is 35.9 Å². The molecule has 4 aliphatic rings. The first-order valence-corrected chi connectivity index (χ1v) is 18.7. The summed E-state index contributed by atoms with van der Waals surface area (Å²) >= 11 is 0. The number of hydrogen-bond acceptors (Lipinski definition) is 4. The van der Waals surface area contributed by atoms with Gasteiger partial charge in [-0.25, -0.2) is 9.97 Å². The first-order valence-electron chi connectivity index (χ1n) is 18.7. The molecule has 2 amide bonds. The van der Waals surface area contributed by atoms with E-state index >= 15 is 0 Å². The molecule has 50 heavy (non-hydrogen) atoms. The summed E-state index contributed by atoms with van der Waals surface area (Å²) < 4.78 is 0. The van der Waals surface area contributed by atoms with Crippen LogP contribution < -0.4 is 0 Å². The second-order valence-corrected chi connectivity index (χ2v) is 15.4. The molecule has 5 aromatic rings. The summed E-state index contributed by atoms with van der Waals surface area (Å²) in [5.74, 6) is 4.73. The highest BCUT2D eigenvalue weighted by Crippen LogP contribution is 2.58. The van der Waals surface area contributed by atoms with Gasteiger partial charge >= 0.3 is 0 Å². The third-order valence-electron chi connectivity index (χ3n) is 12.3. The maximum atomic E-state index is 13.0. The number of fused-ring (bicyclic) bond motifs is 3. The van der Waals surface area contributed by atoms with Gasteiger partial charge in [0.25, 0.3) is 0 Å². The lowest BCUT2D eigenvalue weighted by molar-refractivity contribution is -0.134. The van der Waals surface area contributed by atoms with Gasteiger partial charge in [-0.15, -0.1) is 0 Å². The van der Waals surface area contributed by atoms with Gasteiger partial charge in [-0.2, -0.15) is 0 Å². The Morgan fingerprint density at radius 1 is 0.640 bits per heavy atom. The van der Waals surface area contributed by atoms with Gasteiger partial charge in [-0.1, -0.05) is 76.2 Å². The van der Waals surface area contributed by atoms with Gasteiger partial charge in [0.1, 0.15) is 11.6 Å². The molecule has 0 unspecified atom stereocenters. The fraction of sp³-hybridized carbons (Fsp3) is 0.429. The molecule has 8 nitrogen and oxygen atoms in total. The number of aromatic amines is 2. The minimum absolute atomic E-state index is 0.0482. The smallest absolute Gasteiger partial charge is 0.223 e. The number of benzene rings is 3. The highest BCUT2D eigenvalue weighted by molar-refractivity contribution is 5.90. The summed E-state index contributed by atoms with van der Waals surface area (Å²) in [5, 5.41) is 2.35. The van der Waals surface area contributed by atoms with Gasteiger partial charge in [-0.3, -0.25) is 9.59 Å². The van der Waals surface area contributed by atoms with E-state index in [0.717, 1.165) is 65.4 Å². The third kappa shape index (κ3) is 5.09. The Balaban J connectivity index is 0.902. The molecule has 9 rings (SSSR count). The molecular formula is C42H46N6O2. The van der Waals surface area contributed by atoms with Crippen molar-refractivity contribution in [1.29, 1.82) is 0 Å². The summed E-state index contributed by atoms with van der Waals surface area (Å²) in [4.78, 5) is 47.0. The monoisotopic (exact) mass is 666 g/mol. The predicted octanol–water partition coefficient (Wildman–Crippen LogP) is 8.70. The predicted molar refractivity (Wildman–Crippen MR) is 196 cm³/mol. The molecule has 256 valence electrons. The Morgan fingerprint density at radius 2 is 1.08 bits per heavy atom. The molecule has 4 heterocycles. The number of likely N-dealkylation sites (tertiary alicyclic amines) is 2. The number of nitrogens with one attached hydrogen (secondary N) is 2. The number of carbonyl (C=O) groups excluding carboxylic acids is 2. The largest absolute Gasteiger partial charge is 0.340 e. The van der Waals surface area contributed by atoms with Crippen molar-refractivity contribution >= 4 is 22.6 Å². The van der Waals surface area contributed by atoms with Crippen LogP contribution in [0, 0.1) is 23.7 Å². The molecule has 8 atom stereocenters. The normalized spacial score (nSPS) is 27.8. The molecule has 2 N–H and O–H groups in total. The Kier molecular flexibility index (Phi) is 7.48. The average Bonchev–Trinajstić information content (AvgIpc) is 3.64. The van der Waals surface area contributed by atoms with Crippen molar-refractivity contribution in [2.75, 3.05) is 0 Å². The average molecular weight is 667 g/mol. The lowest BCUT2D eigenvalue weighted by Crippen LogP contribution is -2.35. The molecule has 2 aliphatic carbocycles. The fourth-order valence-electron chi connectivity index (χ4n) is 9.42. The first-order chi connectivity index (χ1) is 24.3. The van der Waals surface area contributed by atoms with Crippen LogP contribution in [0.2, 0.25) is 0 Å². The topological polar surface area (TPSA) is 98.0 Å². The van der Waals surface area contributed by atoms with Gasteiger partial charge < -0.3 is 19.8 Å². The summed E-state index contributed by atoms with van der Waals surface area (Å²) in [6.45, 7) is 8.68. The third-order valence-corrected chi connectivity index (χ3v) is 12.3. The number of rotatable bonds is 9.